The van der Waals surface area contributed by atoms with E-state index in [4.69, 9.17) is 16.9 Å². The van der Waals surface area contributed by atoms with Gasteiger partial charge in [0.1, 0.15) is 16.1 Å². The van der Waals surface area contributed by atoms with Gasteiger partial charge in [-0.25, -0.2) is 28.1 Å². The van der Waals surface area contributed by atoms with Crippen LogP contribution >= 0.6 is 11.6 Å². The van der Waals surface area contributed by atoms with Crippen LogP contribution in [0.5, 0.6) is 0 Å². The van der Waals surface area contributed by atoms with Gasteiger partial charge in [0, 0.05) is 12.4 Å². The molecule has 0 amide bonds. The minimum absolute atomic E-state index is 0.0967. The summed E-state index contributed by atoms with van der Waals surface area (Å²) in [6.45, 7) is 0. The number of nitriles is 1. The topological polar surface area (TPSA) is 109 Å². The maximum atomic E-state index is 12.1. The van der Waals surface area contributed by atoms with Gasteiger partial charge >= 0.3 is 0 Å². The molecule has 2 aromatic rings. The second kappa shape index (κ2) is 5.17. The molecule has 0 atom stereocenters. The number of nitrogens with zero attached hydrogens (tertiary/aromatic N) is 4. The monoisotopic (exact) mass is 295 g/mol. The predicted octanol–water partition coefficient (Wildman–Crippen LogP) is 1.20. The van der Waals surface area contributed by atoms with Gasteiger partial charge in [-0.05, 0) is 18.2 Å². The first kappa shape index (κ1) is 13.2. The van der Waals surface area contributed by atoms with Crippen molar-refractivity contribution >= 4 is 27.6 Å². The molecule has 0 aromatic carbocycles. The van der Waals surface area contributed by atoms with Crippen LogP contribution in [0.4, 0.5) is 5.95 Å². The van der Waals surface area contributed by atoms with E-state index in [9.17, 15) is 8.42 Å². The van der Waals surface area contributed by atoms with Crippen LogP contribution < -0.4 is 4.72 Å². The lowest BCUT2D eigenvalue weighted by Crippen LogP contribution is -2.16. The van der Waals surface area contributed by atoms with Gasteiger partial charge in [0.05, 0.1) is 0 Å². The average Bonchev–Trinajstić information content (AvgIpc) is 2.38. The number of pyridine rings is 1. The Balaban J connectivity index is 2.41. The summed E-state index contributed by atoms with van der Waals surface area (Å²) in [5.74, 6) is -0.180. The normalized spacial score (nSPS) is 10.7. The number of anilines is 1. The Kier molecular flexibility index (Phi) is 3.59. The van der Waals surface area contributed by atoms with Crippen LogP contribution in [-0.4, -0.2) is 23.4 Å². The molecule has 7 nitrogen and oxygen atoms in total. The van der Waals surface area contributed by atoms with Crippen molar-refractivity contribution in [3.05, 3.63) is 41.4 Å². The third kappa shape index (κ3) is 2.96. The zero-order chi connectivity index (χ0) is 13.9. The summed E-state index contributed by atoms with van der Waals surface area (Å²) in [5.41, 5.74) is -0.211. The molecule has 0 aliphatic rings. The van der Waals surface area contributed by atoms with Crippen molar-refractivity contribution in [1.29, 1.82) is 5.26 Å². The van der Waals surface area contributed by atoms with Crippen molar-refractivity contribution in [2.45, 2.75) is 4.90 Å². The Bertz CT molecular complexity index is 757. The number of sulfonamides is 1. The van der Waals surface area contributed by atoms with E-state index in [-0.39, 0.29) is 21.7 Å². The lowest BCUT2D eigenvalue weighted by atomic mass is 10.4. The fraction of sp³-hybridized carbons (Fsp3) is 0. The molecule has 1 N–H and O–H groups in total. The van der Waals surface area contributed by atoms with Gasteiger partial charge in [-0.3, -0.25) is 0 Å². The standard InChI is InChI=1S/C10H6ClN5O2S/c11-9-3-5-14-10(15-9)16-19(17,18)8-2-1-4-13-7(8)6-12/h1-5H,(H,14,15,16). The van der Waals surface area contributed by atoms with Crippen molar-refractivity contribution in [3.8, 4) is 6.07 Å². The van der Waals surface area contributed by atoms with E-state index in [2.05, 4.69) is 19.7 Å². The Hall–Kier alpha value is -2.24. The summed E-state index contributed by atoms with van der Waals surface area (Å²) < 4.78 is 26.3. The van der Waals surface area contributed by atoms with Crippen LogP contribution in [0, 0.1) is 11.3 Å². The van der Waals surface area contributed by atoms with Crippen LogP contribution in [0.15, 0.2) is 35.5 Å². The molecular weight excluding hydrogens is 290 g/mol. The molecular formula is C10H6ClN5O2S. The first-order valence-corrected chi connectivity index (χ1v) is 6.75. The average molecular weight is 296 g/mol. The fourth-order valence-electron chi connectivity index (χ4n) is 1.25. The highest BCUT2D eigenvalue weighted by atomic mass is 35.5. The third-order valence-electron chi connectivity index (χ3n) is 2.01. The van der Waals surface area contributed by atoms with E-state index in [0.717, 1.165) is 0 Å². The molecule has 0 bridgehead atoms. The van der Waals surface area contributed by atoms with Crippen LogP contribution in [0.1, 0.15) is 5.69 Å². The number of aromatic nitrogens is 3. The van der Waals surface area contributed by atoms with E-state index in [1.807, 2.05) is 0 Å². The largest absolute Gasteiger partial charge is 0.267 e. The van der Waals surface area contributed by atoms with Gasteiger partial charge in [0.2, 0.25) is 5.95 Å². The van der Waals surface area contributed by atoms with E-state index in [1.54, 1.807) is 6.07 Å². The molecule has 0 aliphatic carbocycles. The van der Waals surface area contributed by atoms with E-state index < -0.39 is 10.0 Å². The molecule has 0 saturated carbocycles. The van der Waals surface area contributed by atoms with Gasteiger partial charge in [-0.2, -0.15) is 5.26 Å². The Morgan fingerprint density at radius 1 is 1.26 bits per heavy atom. The third-order valence-corrected chi connectivity index (χ3v) is 3.58. The predicted molar refractivity (Wildman–Crippen MR) is 66.8 cm³/mol. The summed E-state index contributed by atoms with van der Waals surface area (Å²) >= 11 is 5.63. The Morgan fingerprint density at radius 2 is 2.05 bits per heavy atom. The lowest BCUT2D eigenvalue weighted by molar-refractivity contribution is 0.600. The highest BCUT2D eigenvalue weighted by Gasteiger charge is 2.20. The van der Waals surface area contributed by atoms with Crippen molar-refractivity contribution in [2.75, 3.05) is 4.72 Å². The molecule has 0 unspecified atom stereocenters. The molecule has 19 heavy (non-hydrogen) atoms. The van der Waals surface area contributed by atoms with Gasteiger partial charge < -0.3 is 0 Å². The summed E-state index contributed by atoms with van der Waals surface area (Å²) in [7, 11) is -3.99. The molecule has 0 radical (unpaired) electrons. The number of nitrogens with one attached hydrogen (secondary N) is 1. The van der Waals surface area contributed by atoms with E-state index in [1.165, 1.54) is 30.6 Å². The van der Waals surface area contributed by atoms with Crippen molar-refractivity contribution < 1.29 is 8.42 Å². The second-order valence-corrected chi connectivity index (χ2v) is 5.31. The molecule has 0 aliphatic heterocycles. The van der Waals surface area contributed by atoms with E-state index >= 15 is 0 Å². The lowest BCUT2D eigenvalue weighted by Gasteiger charge is -2.06. The molecule has 2 heterocycles. The van der Waals surface area contributed by atoms with Gasteiger partial charge in [-0.15, -0.1) is 0 Å². The Morgan fingerprint density at radius 3 is 2.74 bits per heavy atom. The van der Waals surface area contributed by atoms with Gasteiger partial charge in [-0.1, -0.05) is 11.6 Å². The van der Waals surface area contributed by atoms with Crippen LogP contribution in [-0.2, 0) is 10.0 Å². The van der Waals surface area contributed by atoms with Crippen molar-refractivity contribution in [3.63, 3.8) is 0 Å². The fourth-order valence-corrected chi connectivity index (χ4v) is 2.45. The summed E-state index contributed by atoms with van der Waals surface area (Å²) in [6.07, 6.45) is 2.63. The highest BCUT2D eigenvalue weighted by Crippen LogP contribution is 2.16. The summed E-state index contributed by atoms with van der Waals surface area (Å²) in [6, 6.07) is 5.78. The molecule has 2 rings (SSSR count). The van der Waals surface area contributed by atoms with Gasteiger partial charge in [0.15, 0.2) is 5.69 Å². The SMILES string of the molecule is N#Cc1ncccc1S(=O)(=O)Nc1nccc(Cl)n1. The molecule has 0 spiro atoms. The molecule has 9 heteroatoms. The number of halogens is 1. The molecule has 0 fully saturated rings. The van der Waals surface area contributed by atoms with Crippen molar-refractivity contribution in [2.24, 2.45) is 0 Å². The zero-order valence-corrected chi connectivity index (χ0v) is 10.9. The first-order valence-electron chi connectivity index (χ1n) is 4.89. The van der Waals surface area contributed by atoms with Gasteiger partial charge in [0.25, 0.3) is 10.0 Å². The molecule has 0 saturated heterocycles. The minimum atomic E-state index is -3.99. The quantitative estimate of drug-likeness (QED) is 0.852. The highest BCUT2D eigenvalue weighted by molar-refractivity contribution is 7.92. The minimum Gasteiger partial charge on any atom is -0.247 e. The number of hydrogen-bond donors (Lipinski definition) is 1. The Labute approximate surface area is 114 Å². The summed E-state index contributed by atoms with van der Waals surface area (Å²) in [5, 5.41) is 8.93. The van der Waals surface area contributed by atoms with Crippen LogP contribution in [0.3, 0.4) is 0 Å². The van der Waals surface area contributed by atoms with Crippen LogP contribution in [0.2, 0.25) is 5.15 Å². The molecule has 2 aromatic heterocycles. The zero-order valence-electron chi connectivity index (χ0n) is 9.28. The maximum Gasteiger partial charge on any atom is 0.267 e. The van der Waals surface area contributed by atoms with Crippen LogP contribution in [0.25, 0.3) is 0 Å². The summed E-state index contributed by atoms with van der Waals surface area (Å²) in [4.78, 5) is 10.8. The van der Waals surface area contributed by atoms with E-state index in [0.29, 0.717) is 0 Å². The maximum absolute atomic E-state index is 12.1. The smallest absolute Gasteiger partial charge is 0.247 e. The molecule has 96 valence electrons. The number of hydrogen-bond acceptors (Lipinski definition) is 6. The number of rotatable bonds is 3. The first-order chi connectivity index (χ1) is 9.03. The second-order valence-electron chi connectivity index (χ2n) is 3.27. The van der Waals surface area contributed by atoms with Crippen molar-refractivity contribution in [1.82, 2.24) is 15.0 Å².